The maximum atomic E-state index is 12.1. The number of hydrogen-bond acceptors (Lipinski definition) is 4. The van der Waals surface area contributed by atoms with E-state index in [0.717, 1.165) is 28.4 Å². The lowest BCUT2D eigenvalue weighted by Crippen LogP contribution is -2.25. The summed E-state index contributed by atoms with van der Waals surface area (Å²) in [4.78, 5) is 12.1. The zero-order valence-corrected chi connectivity index (χ0v) is 12.5. The lowest BCUT2D eigenvalue weighted by atomic mass is 9.87. The summed E-state index contributed by atoms with van der Waals surface area (Å²) in [6.45, 7) is 4.34. The zero-order valence-electron chi connectivity index (χ0n) is 12.5. The number of nitrogens with zero attached hydrogens (tertiary/aromatic N) is 2. The predicted octanol–water partition coefficient (Wildman–Crippen LogP) is 2.67. The summed E-state index contributed by atoms with van der Waals surface area (Å²) in [5.74, 6) is 2.29. The number of rotatable bonds is 2. The fourth-order valence-corrected chi connectivity index (χ4v) is 3.06. The van der Waals surface area contributed by atoms with Gasteiger partial charge in [0.15, 0.2) is 11.5 Å². The molecule has 0 aliphatic carbocycles. The minimum atomic E-state index is -0.00856. The molecule has 2 aliphatic heterocycles. The SMILES string of the molecule is CC(C)n1ncc2c1NC(=O)CC2c1ccc2c(c1)OCO2. The molecule has 6 heteroatoms. The molecule has 114 valence electrons. The molecule has 1 aromatic carbocycles. The molecule has 2 aliphatic rings. The Labute approximate surface area is 128 Å². The van der Waals surface area contributed by atoms with Crippen molar-refractivity contribution < 1.29 is 14.3 Å². The Morgan fingerprint density at radius 2 is 2.14 bits per heavy atom. The van der Waals surface area contributed by atoms with E-state index < -0.39 is 0 Å². The molecule has 1 unspecified atom stereocenters. The van der Waals surface area contributed by atoms with Crippen LogP contribution in [0.3, 0.4) is 0 Å². The summed E-state index contributed by atoms with van der Waals surface area (Å²) >= 11 is 0. The minimum Gasteiger partial charge on any atom is -0.454 e. The fourth-order valence-electron chi connectivity index (χ4n) is 3.06. The number of carbonyl (C=O) groups is 1. The van der Waals surface area contributed by atoms with E-state index in [9.17, 15) is 4.79 Å². The van der Waals surface area contributed by atoms with E-state index in [4.69, 9.17) is 9.47 Å². The van der Waals surface area contributed by atoms with Crippen LogP contribution in [0, 0.1) is 0 Å². The number of fused-ring (bicyclic) bond motifs is 2. The first-order valence-electron chi connectivity index (χ1n) is 7.40. The third-order valence-corrected chi connectivity index (χ3v) is 4.13. The summed E-state index contributed by atoms with van der Waals surface area (Å²) in [7, 11) is 0. The Morgan fingerprint density at radius 1 is 1.32 bits per heavy atom. The predicted molar refractivity (Wildman–Crippen MR) is 80.3 cm³/mol. The molecule has 0 bridgehead atoms. The maximum absolute atomic E-state index is 12.1. The van der Waals surface area contributed by atoms with Crippen molar-refractivity contribution in [3.63, 3.8) is 0 Å². The summed E-state index contributed by atoms with van der Waals surface area (Å²) in [6, 6.07) is 6.05. The van der Waals surface area contributed by atoms with Gasteiger partial charge in [-0.25, -0.2) is 4.68 Å². The van der Waals surface area contributed by atoms with Crippen molar-refractivity contribution in [3.8, 4) is 11.5 Å². The van der Waals surface area contributed by atoms with Crippen LogP contribution in [-0.4, -0.2) is 22.5 Å². The first kappa shape index (κ1) is 13.2. The number of ether oxygens (including phenoxy) is 2. The van der Waals surface area contributed by atoms with Crippen molar-refractivity contribution in [2.75, 3.05) is 12.1 Å². The molecule has 0 radical (unpaired) electrons. The van der Waals surface area contributed by atoms with Crippen molar-refractivity contribution in [2.45, 2.75) is 32.2 Å². The monoisotopic (exact) mass is 299 g/mol. The molecule has 0 spiro atoms. The fraction of sp³-hybridized carbons (Fsp3) is 0.375. The Bertz CT molecular complexity index is 751. The molecule has 22 heavy (non-hydrogen) atoms. The van der Waals surface area contributed by atoms with Gasteiger partial charge in [-0.15, -0.1) is 0 Å². The number of carbonyl (C=O) groups excluding carboxylic acids is 1. The van der Waals surface area contributed by atoms with E-state index in [1.165, 1.54) is 0 Å². The van der Waals surface area contributed by atoms with Crippen LogP contribution >= 0.6 is 0 Å². The lowest BCUT2D eigenvalue weighted by molar-refractivity contribution is -0.116. The van der Waals surface area contributed by atoms with Gasteiger partial charge in [-0.2, -0.15) is 5.10 Å². The third-order valence-electron chi connectivity index (χ3n) is 4.13. The second-order valence-electron chi connectivity index (χ2n) is 5.90. The molecule has 0 fully saturated rings. The second kappa shape index (κ2) is 4.76. The van der Waals surface area contributed by atoms with Crippen molar-refractivity contribution in [2.24, 2.45) is 0 Å². The molecular weight excluding hydrogens is 282 g/mol. The van der Waals surface area contributed by atoms with Gasteiger partial charge in [-0.1, -0.05) is 6.07 Å². The van der Waals surface area contributed by atoms with Crippen LogP contribution in [0.2, 0.25) is 0 Å². The van der Waals surface area contributed by atoms with E-state index in [0.29, 0.717) is 6.42 Å². The van der Waals surface area contributed by atoms with E-state index in [-0.39, 0.29) is 24.7 Å². The van der Waals surface area contributed by atoms with E-state index >= 15 is 0 Å². The minimum absolute atomic E-state index is 0.00856. The van der Waals surface area contributed by atoms with Gasteiger partial charge in [-0.3, -0.25) is 4.79 Å². The van der Waals surface area contributed by atoms with Crippen LogP contribution in [0.5, 0.6) is 11.5 Å². The van der Waals surface area contributed by atoms with E-state index in [2.05, 4.69) is 10.4 Å². The van der Waals surface area contributed by atoms with Gasteiger partial charge in [0.05, 0.1) is 6.20 Å². The van der Waals surface area contributed by atoms with Gasteiger partial charge in [0.2, 0.25) is 12.7 Å². The van der Waals surface area contributed by atoms with Crippen molar-refractivity contribution in [1.29, 1.82) is 0 Å². The van der Waals surface area contributed by atoms with Crippen LogP contribution in [0.4, 0.5) is 5.82 Å². The van der Waals surface area contributed by atoms with Gasteiger partial charge in [-0.05, 0) is 31.5 Å². The smallest absolute Gasteiger partial charge is 0.231 e. The number of amides is 1. The number of aromatic nitrogens is 2. The zero-order chi connectivity index (χ0) is 15.3. The van der Waals surface area contributed by atoms with E-state index in [1.54, 1.807) is 0 Å². The highest BCUT2D eigenvalue weighted by atomic mass is 16.7. The van der Waals surface area contributed by atoms with Crippen molar-refractivity contribution >= 4 is 11.7 Å². The van der Waals surface area contributed by atoms with Crippen LogP contribution in [0.15, 0.2) is 24.4 Å². The molecule has 2 aromatic rings. The van der Waals surface area contributed by atoms with Gasteiger partial charge in [0, 0.05) is 23.9 Å². The number of hydrogen-bond donors (Lipinski definition) is 1. The van der Waals surface area contributed by atoms with E-state index in [1.807, 2.05) is 42.9 Å². The van der Waals surface area contributed by atoms with Crippen LogP contribution < -0.4 is 14.8 Å². The van der Waals surface area contributed by atoms with Crippen molar-refractivity contribution in [3.05, 3.63) is 35.5 Å². The highest BCUT2D eigenvalue weighted by Crippen LogP contribution is 2.41. The molecule has 1 N–H and O–H groups in total. The molecule has 4 rings (SSSR count). The highest BCUT2D eigenvalue weighted by molar-refractivity contribution is 5.94. The van der Waals surface area contributed by atoms with Crippen molar-refractivity contribution in [1.82, 2.24) is 9.78 Å². The summed E-state index contributed by atoms with van der Waals surface area (Å²) in [5, 5.41) is 7.37. The molecular formula is C16H17N3O3. The molecule has 6 nitrogen and oxygen atoms in total. The Kier molecular flexibility index (Phi) is 2.85. The molecule has 0 saturated heterocycles. The van der Waals surface area contributed by atoms with Gasteiger partial charge in [0.25, 0.3) is 0 Å². The molecule has 1 aromatic heterocycles. The summed E-state index contributed by atoms with van der Waals surface area (Å²) in [5.41, 5.74) is 2.09. The average Bonchev–Trinajstić information content (AvgIpc) is 3.11. The molecule has 1 atom stereocenters. The van der Waals surface area contributed by atoms with Crippen LogP contribution in [0.1, 0.15) is 43.4 Å². The summed E-state index contributed by atoms with van der Waals surface area (Å²) < 4.78 is 12.6. The quantitative estimate of drug-likeness (QED) is 0.926. The maximum Gasteiger partial charge on any atom is 0.231 e. The average molecular weight is 299 g/mol. The number of anilines is 1. The Balaban J connectivity index is 1.79. The second-order valence-corrected chi connectivity index (χ2v) is 5.90. The Hall–Kier alpha value is -2.50. The van der Waals surface area contributed by atoms with Crippen LogP contribution in [0.25, 0.3) is 0 Å². The first-order chi connectivity index (χ1) is 10.6. The molecule has 0 saturated carbocycles. The Morgan fingerprint density at radius 3 is 2.95 bits per heavy atom. The standard InChI is InChI=1S/C16H17N3O3/c1-9(2)19-16-12(7-17-19)11(6-15(20)18-16)10-3-4-13-14(5-10)22-8-21-13/h3-5,7,9,11H,6,8H2,1-2H3,(H,18,20). The highest BCUT2D eigenvalue weighted by Gasteiger charge is 2.31. The number of benzene rings is 1. The normalized spacial score (nSPS) is 19.2. The van der Waals surface area contributed by atoms with Gasteiger partial charge < -0.3 is 14.8 Å². The van der Waals surface area contributed by atoms with Gasteiger partial charge >= 0.3 is 0 Å². The molecule has 3 heterocycles. The first-order valence-corrected chi connectivity index (χ1v) is 7.40. The number of nitrogens with one attached hydrogen (secondary N) is 1. The summed E-state index contributed by atoms with van der Waals surface area (Å²) in [6.07, 6.45) is 2.26. The van der Waals surface area contributed by atoms with Gasteiger partial charge in [0.1, 0.15) is 5.82 Å². The molecule has 1 amide bonds. The largest absolute Gasteiger partial charge is 0.454 e. The topological polar surface area (TPSA) is 65.4 Å². The lowest BCUT2D eigenvalue weighted by Gasteiger charge is -2.24. The van der Waals surface area contributed by atoms with Crippen LogP contribution in [-0.2, 0) is 4.79 Å². The third kappa shape index (κ3) is 1.94.